The first kappa shape index (κ1) is 10.3. The summed E-state index contributed by atoms with van der Waals surface area (Å²) in [5, 5.41) is 0. The molecule has 0 N–H and O–H groups in total. The summed E-state index contributed by atoms with van der Waals surface area (Å²) in [5.74, 6) is 1.05. The van der Waals surface area contributed by atoms with Gasteiger partial charge in [-0.2, -0.15) is 0 Å². The van der Waals surface area contributed by atoms with Gasteiger partial charge >= 0.3 is 0 Å². The summed E-state index contributed by atoms with van der Waals surface area (Å²) in [6.07, 6.45) is 0. The van der Waals surface area contributed by atoms with E-state index in [-0.39, 0.29) is 0 Å². The Hall–Kier alpha value is -1.21. The zero-order valence-electron chi connectivity index (χ0n) is 8.81. The fraction of sp³-hybridized carbons (Fsp3) is 0.143. The van der Waals surface area contributed by atoms with E-state index in [0.29, 0.717) is 0 Å². The van der Waals surface area contributed by atoms with Crippen LogP contribution in [0.25, 0.3) is 0 Å². The van der Waals surface area contributed by atoms with Crippen LogP contribution in [0.1, 0.15) is 11.1 Å². The molecule has 0 aliphatic carbocycles. The Bertz CT molecular complexity index is 420. The van der Waals surface area contributed by atoms with Crippen LogP contribution >= 0.6 is 11.8 Å². The molecule has 0 fully saturated rings. The highest BCUT2D eigenvalue weighted by Gasteiger charge is 1.98. The van der Waals surface area contributed by atoms with Gasteiger partial charge in [0.1, 0.15) is 0 Å². The van der Waals surface area contributed by atoms with Gasteiger partial charge in [0.05, 0.1) is 0 Å². The highest BCUT2D eigenvalue weighted by Crippen LogP contribution is 2.25. The Morgan fingerprint density at radius 3 is 2.27 bits per heavy atom. The lowest BCUT2D eigenvalue weighted by Crippen LogP contribution is -1.81. The van der Waals surface area contributed by atoms with E-state index < -0.39 is 0 Å². The van der Waals surface area contributed by atoms with E-state index in [4.69, 9.17) is 0 Å². The van der Waals surface area contributed by atoms with Crippen LogP contribution in [-0.4, -0.2) is 0 Å². The first-order valence-corrected chi connectivity index (χ1v) is 6.07. The molecule has 0 heterocycles. The monoisotopic (exact) mass is 214 g/mol. The van der Waals surface area contributed by atoms with Crippen molar-refractivity contribution in [2.24, 2.45) is 0 Å². The van der Waals surface area contributed by atoms with Gasteiger partial charge < -0.3 is 0 Å². The summed E-state index contributed by atoms with van der Waals surface area (Å²) < 4.78 is 0. The van der Waals surface area contributed by atoms with Gasteiger partial charge in [0.15, 0.2) is 0 Å². The SMILES string of the molecule is Cc1ccccc1SCc1ccccc1. The maximum absolute atomic E-state index is 2.18. The van der Waals surface area contributed by atoms with E-state index in [1.807, 2.05) is 11.8 Å². The smallest absolute Gasteiger partial charge is 0.0232 e. The molecule has 0 aliphatic heterocycles. The Morgan fingerprint density at radius 2 is 1.53 bits per heavy atom. The first-order valence-electron chi connectivity index (χ1n) is 5.08. The van der Waals surface area contributed by atoms with Gasteiger partial charge in [-0.05, 0) is 24.1 Å². The van der Waals surface area contributed by atoms with Crippen molar-refractivity contribution in [1.29, 1.82) is 0 Å². The first-order chi connectivity index (χ1) is 7.36. The standard InChI is InChI=1S/C14H14S/c1-12-7-5-6-10-14(12)15-11-13-8-3-2-4-9-13/h2-10H,11H2,1H3. The Labute approximate surface area is 95.3 Å². The van der Waals surface area contributed by atoms with E-state index in [1.165, 1.54) is 16.0 Å². The van der Waals surface area contributed by atoms with Crippen LogP contribution in [0.4, 0.5) is 0 Å². The summed E-state index contributed by atoms with van der Waals surface area (Å²) in [6.45, 7) is 2.16. The van der Waals surface area contributed by atoms with Gasteiger partial charge in [-0.25, -0.2) is 0 Å². The fourth-order valence-electron chi connectivity index (χ4n) is 1.45. The Morgan fingerprint density at radius 1 is 0.867 bits per heavy atom. The van der Waals surface area contributed by atoms with Crippen molar-refractivity contribution in [3.05, 3.63) is 65.7 Å². The topological polar surface area (TPSA) is 0 Å². The molecule has 0 nitrogen and oxygen atoms in total. The van der Waals surface area contributed by atoms with Gasteiger partial charge in [0.2, 0.25) is 0 Å². The summed E-state index contributed by atoms with van der Waals surface area (Å²) in [7, 11) is 0. The largest absolute Gasteiger partial charge is 0.121 e. The van der Waals surface area contributed by atoms with Crippen molar-refractivity contribution < 1.29 is 0 Å². The quantitative estimate of drug-likeness (QED) is 0.687. The van der Waals surface area contributed by atoms with E-state index in [1.54, 1.807) is 0 Å². The minimum atomic E-state index is 1.05. The third kappa shape index (κ3) is 2.87. The molecule has 2 aromatic carbocycles. The number of hydrogen-bond donors (Lipinski definition) is 0. The number of benzene rings is 2. The Kier molecular flexibility index (Phi) is 3.46. The maximum atomic E-state index is 2.18. The molecule has 0 unspecified atom stereocenters. The van der Waals surface area contributed by atoms with Gasteiger partial charge in [-0.1, -0.05) is 48.5 Å². The summed E-state index contributed by atoms with van der Waals surface area (Å²) in [4.78, 5) is 1.38. The zero-order valence-corrected chi connectivity index (χ0v) is 9.63. The van der Waals surface area contributed by atoms with E-state index in [2.05, 4.69) is 61.5 Å². The van der Waals surface area contributed by atoms with Gasteiger partial charge in [0, 0.05) is 10.6 Å². The van der Waals surface area contributed by atoms with Crippen LogP contribution in [0.3, 0.4) is 0 Å². The van der Waals surface area contributed by atoms with E-state index >= 15 is 0 Å². The molecule has 15 heavy (non-hydrogen) atoms. The average Bonchev–Trinajstić information content (AvgIpc) is 2.29. The normalized spacial score (nSPS) is 10.2. The number of hydrogen-bond acceptors (Lipinski definition) is 1. The molecule has 0 atom stereocenters. The summed E-state index contributed by atoms with van der Waals surface area (Å²) >= 11 is 1.90. The predicted octanol–water partition coefficient (Wildman–Crippen LogP) is 4.29. The minimum Gasteiger partial charge on any atom is -0.121 e. The van der Waals surface area contributed by atoms with Crippen LogP contribution in [-0.2, 0) is 5.75 Å². The molecule has 0 saturated heterocycles. The second kappa shape index (κ2) is 5.04. The van der Waals surface area contributed by atoms with E-state index in [0.717, 1.165) is 5.75 Å². The second-order valence-corrected chi connectivity index (χ2v) is 4.56. The zero-order chi connectivity index (χ0) is 10.5. The molecule has 2 aromatic rings. The third-order valence-corrected chi connectivity index (χ3v) is 3.58. The molecular weight excluding hydrogens is 200 g/mol. The molecule has 0 amide bonds. The van der Waals surface area contributed by atoms with Crippen LogP contribution in [0.15, 0.2) is 59.5 Å². The van der Waals surface area contributed by atoms with Gasteiger partial charge in [0.25, 0.3) is 0 Å². The molecule has 0 radical (unpaired) electrons. The van der Waals surface area contributed by atoms with Gasteiger partial charge in [-0.15, -0.1) is 11.8 Å². The second-order valence-electron chi connectivity index (χ2n) is 3.54. The summed E-state index contributed by atoms with van der Waals surface area (Å²) in [6, 6.07) is 19.1. The van der Waals surface area contributed by atoms with Crippen LogP contribution in [0, 0.1) is 6.92 Å². The molecule has 76 valence electrons. The van der Waals surface area contributed by atoms with Crippen molar-refractivity contribution in [2.75, 3.05) is 0 Å². The lowest BCUT2D eigenvalue weighted by atomic mass is 10.2. The van der Waals surface area contributed by atoms with Gasteiger partial charge in [-0.3, -0.25) is 0 Å². The average molecular weight is 214 g/mol. The fourth-order valence-corrected chi connectivity index (χ4v) is 2.44. The predicted molar refractivity (Wildman–Crippen MR) is 67.2 cm³/mol. The van der Waals surface area contributed by atoms with Crippen molar-refractivity contribution in [1.82, 2.24) is 0 Å². The van der Waals surface area contributed by atoms with Crippen molar-refractivity contribution in [2.45, 2.75) is 17.6 Å². The summed E-state index contributed by atoms with van der Waals surface area (Å²) in [5.41, 5.74) is 2.74. The highest BCUT2D eigenvalue weighted by molar-refractivity contribution is 7.98. The number of thioether (sulfide) groups is 1. The third-order valence-electron chi connectivity index (χ3n) is 2.33. The molecular formula is C14H14S. The highest BCUT2D eigenvalue weighted by atomic mass is 32.2. The number of aryl methyl sites for hydroxylation is 1. The lowest BCUT2D eigenvalue weighted by molar-refractivity contribution is 1.29. The molecule has 0 aliphatic rings. The molecule has 0 bridgehead atoms. The molecule has 1 heteroatoms. The number of rotatable bonds is 3. The van der Waals surface area contributed by atoms with Crippen LogP contribution in [0.2, 0.25) is 0 Å². The van der Waals surface area contributed by atoms with E-state index in [9.17, 15) is 0 Å². The van der Waals surface area contributed by atoms with Crippen LogP contribution < -0.4 is 0 Å². The van der Waals surface area contributed by atoms with Crippen molar-refractivity contribution in [3.63, 3.8) is 0 Å². The Balaban J connectivity index is 2.03. The molecule has 2 rings (SSSR count). The molecule has 0 spiro atoms. The van der Waals surface area contributed by atoms with Crippen molar-refractivity contribution >= 4 is 11.8 Å². The van der Waals surface area contributed by atoms with Crippen molar-refractivity contribution in [3.8, 4) is 0 Å². The maximum Gasteiger partial charge on any atom is 0.0232 e. The molecule has 0 aromatic heterocycles. The van der Waals surface area contributed by atoms with Crippen LogP contribution in [0.5, 0.6) is 0 Å². The lowest BCUT2D eigenvalue weighted by Gasteiger charge is -2.04. The molecule has 0 saturated carbocycles. The minimum absolute atomic E-state index is 1.05.